The fraction of sp³-hybridized carbons (Fsp3) is 0.333. The smallest absolute Gasteiger partial charge is 0.326 e. The number of carboxylic acids is 1. The third-order valence-electron chi connectivity index (χ3n) is 5.67. The SMILES string of the molecule is COC(=O)C(C(=O)OC)[C@H](C)[C@@H](NC(=O)C(C)(c1ccccc1)c1ccccc1)C(=O)O. The predicted octanol–water partition coefficient (Wildman–Crippen LogP) is 2.16. The first-order chi connectivity index (χ1) is 15.2. The summed E-state index contributed by atoms with van der Waals surface area (Å²) in [5.41, 5.74) is 0.0677. The summed E-state index contributed by atoms with van der Waals surface area (Å²) in [6.45, 7) is 3.06. The largest absolute Gasteiger partial charge is 0.480 e. The highest BCUT2D eigenvalue weighted by atomic mass is 16.5. The number of esters is 2. The van der Waals surface area contributed by atoms with E-state index in [-0.39, 0.29) is 0 Å². The van der Waals surface area contributed by atoms with E-state index in [1.165, 1.54) is 6.92 Å². The van der Waals surface area contributed by atoms with Crippen LogP contribution in [0.5, 0.6) is 0 Å². The molecule has 0 bridgehead atoms. The molecule has 2 atom stereocenters. The Labute approximate surface area is 186 Å². The number of methoxy groups -OCH3 is 2. The van der Waals surface area contributed by atoms with E-state index in [0.717, 1.165) is 14.2 Å². The first-order valence-corrected chi connectivity index (χ1v) is 9.98. The van der Waals surface area contributed by atoms with Gasteiger partial charge in [-0.05, 0) is 18.1 Å². The van der Waals surface area contributed by atoms with E-state index < -0.39 is 47.1 Å². The van der Waals surface area contributed by atoms with Crippen LogP contribution in [0.25, 0.3) is 0 Å². The predicted molar refractivity (Wildman–Crippen MR) is 116 cm³/mol. The van der Waals surface area contributed by atoms with Crippen LogP contribution in [0.2, 0.25) is 0 Å². The zero-order valence-electron chi connectivity index (χ0n) is 18.4. The van der Waals surface area contributed by atoms with Crippen molar-refractivity contribution in [3.05, 3.63) is 71.8 Å². The molecule has 1 amide bonds. The van der Waals surface area contributed by atoms with Crippen LogP contribution >= 0.6 is 0 Å². The number of aliphatic carboxylic acids is 1. The lowest BCUT2D eigenvalue weighted by Gasteiger charge is -2.33. The Morgan fingerprint density at radius 1 is 0.844 bits per heavy atom. The highest BCUT2D eigenvalue weighted by Gasteiger charge is 2.45. The highest BCUT2D eigenvalue weighted by molar-refractivity contribution is 5.97. The topological polar surface area (TPSA) is 119 Å². The molecular weight excluding hydrogens is 414 g/mol. The van der Waals surface area contributed by atoms with Crippen molar-refractivity contribution >= 4 is 23.8 Å². The van der Waals surface area contributed by atoms with Gasteiger partial charge < -0.3 is 19.9 Å². The van der Waals surface area contributed by atoms with Crippen molar-refractivity contribution in [2.75, 3.05) is 14.2 Å². The molecule has 0 aromatic heterocycles. The number of nitrogens with one attached hydrogen (secondary N) is 1. The van der Waals surface area contributed by atoms with Gasteiger partial charge in [0.2, 0.25) is 5.91 Å². The third kappa shape index (κ3) is 4.96. The fourth-order valence-corrected chi connectivity index (χ4v) is 3.65. The molecule has 0 aliphatic carbocycles. The Bertz CT molecular complexity index is 903. The van der Waals surface area contributed by atoms with E-state index in [1.54, 1.807) is 55.5 Å². The van der Waals surface area contributed by atoms with E-state index in [4.69, 9.17) is 0 Å². The van der Waals surface area contributed by atoms with Gasteiger partial charge in [-0.2, -0.15) is 0 Å². The van der Waals surface area contributed by atoms with Gasteiger partial charge in [0.05, 0.1) is 19.6 Å². The molecule has 2 aromatic rings. The summed E-state index contributed by atoms with van der Waals surface area (Å²) in [5.74, 6) is -6.55. The second kappa shape index (κ2) is 10.6. The van der Waals surface area contributed by atoms with Crippen molar-refractivity contribution in [3.8, 4) is 0 Å². The molecule has 0 aliphatic heterocycles. The van der Waals surface area contributed by atoms with Crippen LogP contribution in [0.4, 0.5) is 0 Å². The number of benzene rings is 2. The summed E-state index contributed by atoms with van der Waals surface area (Å²) in [7, 11) is 2.17. The van der Waals surface area contributed by atoms with Crippen molar-refractivity contribution in [3.63, 3.8) is 0 Å². The molecule has 0 spiro atoms. The number of rotatable bonds is 9. The third-order valence-corrected chi connectivity index (χ3v) is 5.67. The second-order valence-electron chi connectivity index (χ2n) is 7.53. The average molecular weight is 441 g/mol. The summed E-state index contributed by atoms with van der Waals surface area (Å²) in [5, 5.41) is 12.4. The summed E-state index contributed by atoms with van der Waals surface area (Å²) in [4.78, 5) is 50.0. The van der Waals surface area contributed by atoms with Crippen molar-refractivity contribution in [1.82, 2.24) is 5.32 Å². The van der Waals surface area contributed by atoms with Gasteiger partial charge >= 0.3 is 17.9 Å². The maximum atomic E-state index is 13.6. The lowest BCUT2D eigenvalue weighted by atomic mass is 9.75. The first-order valence-electron chi connectivity index (χ1n) is 9.98. The number of hydrogen-bond acceptors (Lipinski definition) is 6. The zero-order chi connectivity index (χ0) is 23.9. The van der Waals surface area contributed by atoms with Gasteiger partial charge in [-0.25, -0.2) is 4.79 Å². The van der Waals surface area contributed by atoms with Crippen molar-refractivity contribution < 1.29 is 33.8 Å². The molecule has 0 fully saturated rings. The molecule has 2 N–H and O–H groups in total. The molecule has 170 valence electrons. The number of carboxylic acid groups (broad SMARTS) is 1. The zero-order valence-corrected chi connectivity index (χ0v) is 18.4. The fourth-order valence-electron chi connectivity index (χ4n) is 3.65. The molecule has 0 saturated heterocycles. The normalized spacial score (nSPS) is 13.0. The number of ether oxygens (including phenoxy) is 2. The lowest BCUT2D eigenvalue weighted by molar-refractivity contribution is -0.163. The van der Waals surface area contributed by atoms with Crippen LogP contribution < -0.4 is 5.32 Å². The standard InChI is InChI=1S/C24H27NO7/c1-15(18(21(28)31-3)22(29)32-4)19(20(26)27)25-23(30)24(2,16-11-7-5-8-12-16)17-13-9-6-10-14-17/h5-15,18-19H,1-4H3,(H,25,30)(H,26,27)/t15-,19+/m0/s1. The Morgan fingerprint density at radius 3 is 1.59 bits per heavy atom. The van der Waals surface area contributed by atoms with Gasteiger partial charge in [0.25, 0.3) is 0 Å². The minimum atomic E-state index is -1.56. The van der Waals surface area contributed by atoms with Gasteiger partial charge in [-0.1, -0.05) is 67.6 Å². The van der Waals surface area contributed by atoms with Gasteiger partial charge in [-0.15, -0.1) is 0 Å². The van der Waals surface area contributed by atoms with E-state index >= 15 is 0 Å². The Hall–Kier alpha value is -3.68. The van der Waals surface area contributed by atoms with E-state index in [0.29, 0.717) is 11.1 Å². The molecular formula is C24H27NO7. The van der Waals surface area contributed by atoms with E-state index in [2.05, 4.69) is 14.8 Å². The van der Waals surface area contributed by atoms with Gasteiger partial charge in [0.15, 0.2) is 5.92 Å². The maximum absolute atomic E-state index is 13.6. The first kappa shape index (κ1) is 24.6. The van der Waals surface area contributed by atoms with Crippen molar-refractivity contribution in [2.24, 2.45) is 11.8 Å². The van der Waals surface area contributed by atoms with Crippen molar-refractivity contribution in [2.45, 2.75) is 25.3 Å². The Kier molecular flexibility index (Phi) is 8.12. The second-order valence-corrected chi connectivity index (χ2v) is 7.53. The molecule has 2 aromatic carbocycles. The summed E-state index contributed by atoms with van der Waals surface area (Å²) >= 11 is 0. The van der Waals surface area contributed by atoms with Gasteiger partial charge in [0, 0.05) is 5.92 Å². The van der Waals surface area contributed by atoms with Gasteiger partial charge in [-0.3, -0.25) is 14.4 Å². The molecule has 0 heterocycles. The molecule has 8 nitrogen and oxygen atoms in total. The summed E-state index contributed by atoms with van der Waals surface area (Å²) in [6, 6.07) is 16.3. The van der Waals surface area contributed by atoms with Crippen LogP contribution in [0.3, 0.4) is 0 Å². The maximum Gasteiger partial charge on any atom is 0.326 e. The van der Waals surface area contributed by atoms with Crippen LogP contribution in [-0.4, -0.2) is 49.2 Å². The number of hydrogen-bond donors (Lipinski definition) is 2. The van der Waals surface area contributed by atoms with Crippen LogP contribution in [-0.2, 0) is 34.1 Å². The number of amides is 1. The summed E-state index contributed by atoms with van der Waals surface area (Å²) < 4.78 is 9.30. The molecule has 0 unspecified atom stereocenters. The monoisotopic (exact) mass is 441 g/mol. The average Bonchev–Trinajstić information content (AvgIpc) is 2.82. The van der Waals surface area contributed by atoms with E-state index in [9.17, 15) is 24.3 Å². The molecule has 0 aliphatic rings. The minimum absolute atomic E-state index is 0.595. The van der Waals surface area contributed by atoms with Crippen LogP contribution in [0.1, 0.15) is 25.0 Å². The van der Waals surface area contributed by atoms with E-state index in [1.807, 2.05) is 12.1 Å². The Balaban J connectivity index is 2.48. The molecule has 0 radical (unpaired) electrons. The number of carbonyl (C=O) groups excluding carboxylic acids is 3. The Morgan fingerprint density at radius 2 is 1.25 bits per heavy atom. The number of carbonyl (C=O) groups is 4. The quantitative estimate of drug-likeness (QED) is 0.452. The minimum Gasteiger partial charge on any atom is -0.480 e. The summed E-state index contributed by atoms with van der Waals surface area (Å²) in [6.07, 6.45) is 0. The van der Waals surface area contributed by atoms with Crippen LogP contribution in [0.15, 0.2) is 60.7 Å². The van der Waals surface area contributed by atoms with Gasteiger partial charge in [0.1, 0.15) is 6.04 Å². The van der Waals surface area contributed by atoms with Crippen LogP contribution in [0, 0.1) is 11.8 Å². The molecule has 2 rings (SSSR count). The highest BCUT2D eigenvalue weighted by Crippen LogP contribution is 2.33. The molecule has 0 saturated carbocycles. The molecule has 8 heteroatoms. The lowest BCUT2D eigenvalue weighted by Crippen LogP contribution is -2.55. The molecule has 32 heavy (non-hydrogen) atoms. The van der Waals surface area contributed by atoms with Crippen molar-refractivity contribution in [1.29, 1.82) is 0 Å².